The summed E-state index contributed by atoms with van der Waals surface area (Å²) in [6.45, 7) is 2.34. The van der Waals surface area contributed by atoms with Crippen molar-refractivity contribution in [1.82, 2.24) is 9.97 Å². The molecule has 0 atom stereocenters. The van der Waals surface area contributed by atoms with E-state index in [-0.39, 0.29) is 10.6 Å². The first kappa shape index (κ1) is 23.3. The molecule has 1 N–H and O–H groups in total. The lowest BCUT2D eigenvalue weighted by atomic mass is 10.0. The molecule has 1 aliphatic rings. The van der Waals surface area contributed by atoms with Gasteiger partial charge in [0.1, 0.15) is 0 Å². The summed E-state index contributed by atoms with van der Waals surface area (Å²) < 4.78 is 54.9. The molecule has 1 aliphatic heterocycles. The lowest BCUT2D eigenvalue weighted by Crippen LogP contribution is -2.37. The highest BCUT2D eigenvalue weighted by Crippen LogP contribution is 2.31. The summed E-state index contributed by atoms with van der Waals surface area (Å²) >= 11 is 0. The van der Waals surface area contributed by atoms with Gasteiger partial charge in [0.2, 0.25) is 10.0 Å². The Morgan fingerprint density at radius 2 is 1.74 bits per heavy atom. The molecule has 2 aromatic carbocycles. The molecule has 0 amide bonds. The number of fused-ring (bicyclic) bond motifs is 1. The van der Waals surface area contributed by atoms with E-state index < -0.39 is 20.0 Å². The minimum Gasteiger partial charge on any atom is -0.280 e. The molecule has 1 saturated heterocycles. The molecule has 0 spiro atoms. The van der Waals surface area contributed by atoms with Crippen LogP contribution < -0.4 is 9.03 Å². The van der Waals surface area contributed by atoms with Crippen LogP contribution in [0, 0.1) is 6.92 Å². The zero-order valence-corrected chi connectivity index (χ0v) is 20.7. The van der Waals surface area contributed by atoms with E-state index in [1.54, 1.807) is 24.5 Å². The van der Waals surface area contributed by atoms with Gasteiger partial charge in [0.25, 0.3) is 10.0 Å². The predicted octanol–water partition coefficient (Wildman–Crippen LogP) is 4.34. The van der Waals surface area contributed by atoms with Crippen molar-refractivity contribution in [3.63, 3.8) is 0 Å². The molecule has 1 fully saturated rings. The second kappa shape index (κ2) is 8.94. The fourth-order valence-corrected chi connectivity index (χ4v) is 6.93. The highest BCUT2D eigenvalue weighted by Gasteiger charge is 2.26. The molecule has 0 radical (unpaired) electrons. The number of nitrogens with zero attached hydrogens (tertiary/aromatic N) is 3. The van der Waals surface area contributed by atoms with Gasteiger partial charge in [0, 0.05) is 35.6 Å². The van der Waals surface area contributed by atoms with E-state index in [0.29, 0.717) is 24.3 Å². The topological polar surface area (TPSA) is 109 Å². The summed E-state index contributed by atoms with van der Waals surface area (Å²) in [5, 5.41) is 0.876. The maximum Gasteiger partial charge on any atom is 0.261 e. The average Bonchev–Trinajstić information content (AvgIpc) is 2.85. The Morgan fingerprint density at radius 1 is 0.943 bits per heavy atom. The largest absolute Gasteiger partial charge is 0.280 e. The van der Waals surface area contributed by atoms with E-state index in [9.17, 15) is 16.8 Å². The number of anilines is 2. The molecule has 8 nitrogen and oxygen atoms in total. The Morgan fingerprint density at radius 3 is 2.51 bits per heavy atom. The Labute approximate surface area is 204 Å². The summed E-state index contributed by atoms with van der Waals surface area (Å²) in [6.07, 6.45) is 4.82. The Balaban J connectivity index is 1.44. The van der Waals surface area contributed by atoms with Crippen LogP contribution in [0.25, 0.3) is 22.2 Å². The lowest BCUT2D eigenvalue weighted by molar-refractivity contribution is 0.574. The van der Waals surface area contributed by atoms with Crippen molar-refractivity contribution < 1.29 is 16.8 Å². The van der Waals surface area contributed by atoms with E-state index in [2.05, 4.69) is 14.7 Å². The SMILES string of the molecule is Cc1ccc(NS(=O)(=O)c2ccc(N3CCCCS3(=O)=O)cc2)cc1-c1nccc2ncccc12. The third-order valence-corrected chi connectivity index (χ3v) is 9.33. The number of benzene rings is 2. The maximum absolute atomic E-state index is 13.1. The second-order valence-corrected chi connectivity index (χ2v) is 12.1. The molecular formula is C25H24N4O4S2. The van der Waals surface area contributed by atoms with Gasteiger partial charge in [-0.2, -0.15) is 0 Å². The summed E-state index contributed by atoms with van der Waals surface area (Å²) in [5.41, 5.74) is 4.14. The molecule has 0 unspecified atom stereocenters. The second-order valence-electron chi connectivity index (χ2n) is 8.45. The number of aryl methyl sites for hydroxylation is 1. The van der Waals surface area contributed by atoms with Crippen molar-refractivity contribution in [2.75, 3.05) is 21.3 Å². The zero-order valence-electron chi connectivity index (χ0n) is 19.0. The van der Waals surface area contributed by atoms with Gasteiger partial charge in [-0.05, 0) is 79.9 Å². The van der Waals surface area contributed by atoms with Crippen molar-refractivity contribution in [3.8, 4) is 11.3 Å². The number of hydrogen-bond donors (Lipinski definition) is 1. The monoisotopic (exact) mass is 508 g/mol. The summed E-state index contributed by atoms with van der Waals surface area (Å²) in [6, 6.07) is 16.8. The first-order valence-electron chi connectivity index (χ1n) is 11.2. The van der Waals surface area contributed by atoms with Gasteiger partial charge >= 0.3 is 0 Å². The summed E-state index contributed by atoms with van der Waals surface area (Å²) in [4.78, 5) is 8.95. The van der Waals surface area contributed by atoms with Crippen molar-refractivity contribution in [2.24, 2.45) is 0 Å². The number of aromatic nitrogens is 2. The van der Waals surface area contributed by atoms with Crippen LogP contribution in [0.3, 0.4) is 0 Å². The number of pyridine rings is 2. The van der Waals surface area contributed by atoms with E-state index in [1.807, 2.05) is 31.2 Å². The molecule has 35 heavy (non-hydrogen) atoms. The van der Waals surface area contributed by atoms with Gasteiger partial charge in [-0.15, -0.1) is 0 Å². The number of rotatable bonds is 5. The van der Waals surface area contributed by atoms with Gasteiger partial charge in [0.05, 0.1) is 27.5 Å². The van der Waals surface area contributed by atoms with Crippen LogP contribution in [0.15, 0.2) is 78.0 Å². The maximum atomic E-state index is 13.1. The minimum atomic E-state index is -3.89. The van der Waals surface area contributed by atoms with Crippen LogP contribution >= 0.6 is 0 Å². The first-order chi connectivity index (χ1) is 16.7. The molecule has 0 saturated carbocycles. The molecule has 10 heteroatoms. The molecule has 2 aromatic heterocycles. The van der Waals surface area contributed by atoms with E-state index in [1.165, 1.54) is 28.6 Å². The van der Waals surface area contributed by atoms with Gasteiger partial charge in [0.15, 0.2) is 0 Å². The van der Waals surface area contributed by atoms with Crippen molar-refractivity contribution in [1.29, 1.82) is 0 Å². The highest BCUT2D eigenvalue weighted by molar-refractivity contribution is 7.93. The van der Waals surface area contributed by atoms with Crippen LogP contribution in [0.1, 0.15) is 18.4 Å². The highest BCUT2D eigenvalue weighted by atomic mass is 32.2. The smallest absolute Gasteiger partial charge is 0.261 e. The number of nitrogens with one attached hydrogen (secondary N) is 1. The minimum absolute atomic E-state index is 0.0465. The normalized spacial score (nSPS) is 15.7. The van der Waals surface area contributed by atoms with Gasteiger partial charge in [-0.25, -0.2) is 16.8 Å². The van der Waals surface area contributed by atoms with Crippen molar-refractivity contribution in [2.45, 2.75) is 24.7 Å². The van der Waals surface area contributed by atoms with Crippen molar-refractivity contribution >= 4 is 42.3 Å². The van der Waals surface area contributed by atoms with Gasteiger partial charge < -0.3 is 0 Å². The summed E-state index contributed by atoms with van der Waals surface area (Å²) in [7, 11) is -7.26. The van der Waals surface area contributed by atoms with Crippen LogP contribution in [-0.2, 0) is 20.0 Å². The standard InChI is InChI=1S/C25H24N4O4S2/c1-18-6-7-19(17-23(18)25-22-5-4-13-26-24(22)12-14-27-25)28-35(32,33)21-10-8-20(9-11-21)29-15-2-3-16-34(29,30)31/h4-14,17,28H,2-3,15-16H2,1H3. The molecular weight excluding hydrogens is 484 g/mol. The number of hydrogen-bond acceptors (Lipinski definition) is 6. The lowest BCUT2D eigenvalue weighted by Gasteiger charge is -2.28. The third kappa shape index (κ3) is 4.59. The quantitative estimate of drug-likeness (QED) is 0.430. The van der Waals surface area contributed by atoms with Gasteiger partial charge in [-0.3, -0.25) is 19.0 Å². The van der Waals surface area contributed by atoms with E-state index in [0.717, 1.165) is 34.1 Å². The molecule has 5 rings (SSSR count). The molecule has 0 bridgehead atoms. The molecule has 3 heterocycles. The summed E-state index contributed by atoms with van der Waals surface area (Å²) in [5.74, 6) is 0.103. The predicted molar refractivity (Wildman–Crippen MR) is 137 cm³/mol. The number of sulfonamides is 2. The average molecular weight is 509 g/mol. The van der Waals surface area contributed by atoms with Gasteiger partial charge in [-0.1, -0.05) is 6.07 Å². The van der Waals surface area contributed by atoms with E-state index >= 15 is 0 Å². The third-order valence-electron chi connectivity index (χ3n) is 6.06. The Kier molecular flexibility index (Phi) is 5.94. The molecule has 180 valence electrons. The van der Waals surface area contributed by atoms with Crippen LogP contribution in [0.4, 0.5) is 11.4 Å². The van der Waals surface area contributed by atoms with Crippen LogP contribution in [0.5, 0.6) is 0 Å². The Hall–Kier alpha value is -3.50. The van der Waals surface area contributed by atoms with Crippen LogP contribution in [0.2, 0.25) is 0 Å². The van der Waals surface area contributed by atoms with Crippen molar-refractivity contribution in [3.05, 3.63) is 78.6 Å². The van der Waals surface area contributed by atoms with Crippen LogP contribution in [-0.4, -0.2) is 39.1 Å². The fourth-order valence-electron chi connectivity index (χ4n) is 4.24. The fraction of sp³-hybridized carbons (Fsp3) is 0.200. The zero-order chi connectivity index (χ0) is 24.6. The Bertz CT molecular complexity index is 1610. The molecule has 0 aliphatic carbocycles. The van der Waals surface area contributed by atoms with E-state index in [4.69, 9.17) is 0 Å². The molecule has 4 aromatic rings. The first-order valence-corrected chi connectivity index (χ1v) is 14.3.